The third-order valence-corrected chi connectivity index (χ3v) is 10.8. The highest BCUT2D eigenvalue weighted by Gasteiger charge is 2.18. The fraction of sp³-hybridized carbons (Fsp3) is 1.00. The van der Waals surface area contributed by atoms with Crippen molar-refractivity contribution in [2.75, 3.05) is 0 Å². The topological polar surface area (TPSA) is 0 Å². The normalized spacial score (nSPS) is 11.9. The minimum absolute atomic E-state index is 0.477. The molecule has 0 atom stereocenters. The highest BCUT2D eigenvalue weighted by Crippen LogP contribution is 2.25. The zero-order valence-electron chi connectivity index (χ0n) is 18.9. The van der Waals surface area contributed by atoms with E-state index in [1.165, 1.54) is 57.8 Å². The monoisotopic (exact) mass is 366 g/mol. The van der Waals surface area contributed by atoms with Gasteiger partial charge >= 0.3 is 0 Å². The first-order valence-corrected chi connectivity index (χ1v) is 14.6. The Morgan fingerprint density at radius 1 is 0.440 bits per heavy atom. The molecule has 0 heterocycles. The van der Waals surface area contributed by atoms with Crippen LogP contribution in [0.1, 0.15) is 119 Å². The van der Waals surface area contributed by atoms with E-state index in [4.69, 9.17) is 0 Å². The minimum Gasteiger partial charge on any atom is -0.0938 e. The van der Waals surface area contributed by atoms with Crippen molar-refractivity contribution in [2.24, 2.45) is 17.8 Å². The van der Waals surface area contributed by atoms with E-state index in [2.05, 4.69) is 41.5 Å². The molecule has 0 saturated carbocycles. The maximum atomic E-state index is 2.38. The largest absolute Gasteiger partial charge is 0.261 e. The first-order chi connectivity index (χ1) is 12.1. The van der Waals surface area contributed by atoms with Crippen LogP contribution in [0.4, 0.5) is 0 Å². The lowest BCUT2D eigenvalue weighted by molar-refractivity contribution is 0.442. The van der Waals surface area contributed by atoms with Gasteiger partial charge in [-0.3, -0.25) is 0 Å². The molecule has 0 amide bonds. The molecular weight excluding hydrogens is 315 g/mol. The van der Waals surface area contributed by atoms with Gasteiger partial charge in [-0.2, -0.15) is 0 Å². The summed E-state index contributed by atoms with van der Waals surface area (Å²) in [6, 6.07) is 0. The molecule has 0 saturated heterocycles. The van der Waals surface area contributed by atoms with Crippen LogP contribution < -0.4 is 0 Å². The van der Waals surface area contributed by atoms with Crippen LogP contribution in [0.3, 0.4) is 0 Å². The highest BCUT2D eigenvalue weighted by atomic mass is 27.2. The summed E-state index contributed by atoms with van der Waals surface area (Å²) in [5.74, 6) is 3.01. The summed E-state index contributed by atoms with van der Waals surface area (Å²) in [6.45, 7) is 14.3. The van der Waals surface area contributed by atoms with Crippen molar-refractivity contribution in [3.8, 4) is 0 Å². The van der Waals surface area contributed by atoms with Crippen molar-refractivity contribution < 1.29 is 0 Å². The summed E-state index contributed by atoms with van der Waals surface area (Å²) in [7, 11) is 0. The number of hydrogen-bond donors (Lipinski definition) is 0. The average Bonchev–Trinajstić information content (AvgIpc) is 2.65. The van der Waals surface area contributed by atoms with Crippen LogP contribution in [0, 0.1) is 17.8 Å². The van der Waals surface area contributed by atoms with E-state index in [0.717, 1.165) is 17.8 Å². The fourth-order valence-electron chi connectivity index (χ4n) is 4.61. The van der Waals surface area contributed by atoms with Gasteiger partial charge in [-0.15, -0.1) is 0 Å². The van der Waals surface area contributed by atoms with Gasteiger partial charge in [0.05, 0.1) is 0 Å². The maximum Gasteiger partial charge on any atom is 0.261 e. The van der Waals surface area contributed by atoms with Gasteiger partial charge in [-0.1, -0.05) is 134 Å². The van der Waals surface area contributed by atoms with Crippen LogP contribution in [0.2, 0.25) is 15.8 Å². The molecule has 0 aromatic rings. The van der Waals surface area contributed by atoms with E-state index >= 15 is 0 Å². The van der Waals surface area contributed by atoms with Crippen molar-refractivity contribution in [1.29, 1.82) is 0 Å². The number of hydrogen-bond acceptors (Lipinski definition) is 0. The predicted octanol–water partition coefficient (Wildman–Crippen LogP) is 9.13. The van der Waals surface area contributed by atoms with E-state index < -0.39 is 14.1 Å². The van der Waals surface area contributed by atoms with E-state index in [0.29, 0.717) is 0 Å². The second-order valence-electron chi connectivity index (χ2n) is 8.71. The number of rotatable bonds is 18. The second-order valence-corrected chi connectivity index (χ2v) is 12.2. The quantitative estimate of drug-likeness (QED) is 0.212. The zero-order chi connectivity index (χ0) is 18.9. The Balaban J connectivity index is 4.24. The Morgan fingerprint density at radius 2 is 0.680 bits per heavy atom. The van der Waals surface area contributed by atoms with Crippen molar-refractivity contribution in [2.45, 2.75) is 134 Å². The Hall–Kier alpha value is 0.532. The molecule has 0 unspecified atom stereocenters. The van der Waals surface area contributed by atoms with Gasteiger partial charge in [0.2, 0.25) is 0 Å². The van der Waals surface area contributed by atoms with Gasteiger partial charge in [-0.25, -0.2) is 0 Å². The molecular formula is C24H51Al. The third-order valence-electron chi connectivity index (χ3n) is 7.14. The van der Waals surface area contributed by atoms with Gasteiger partial charge in [0, 0.05) is 0 Å². The molecule has 0 aromatic heterocycles. The molecule has 0 aliphatic rings. The standard InChI is InChI=1S/3C8H17.Al/c3*1-4-7-8(5-2)6-3;/h3*8H,1,4-7H2,2-3H3;. The van der Waals surface area contributed by atoms with Crippen molar-refractivity contribution in [1.82, 2.24) is 0 Å². The van der Waals surface area contributed by atoms with Crippen LogP contribution in [-0.4, -0.2) is 14.1 Å². The Bertz CT molecular complexity index is 208. The Morgan fingerprint density at radius 3 is 0.880 bits per heavy atom. The van der Waals surface area contributed by atoms with Crippen molar-refractivity contribution in [3.05, 3.63) is 0 Å². The maximum absolute atomic E-state index is 2.38. The summed E-state index contributed by atoms with van der Waals surface area (Å²) >= 11 is -0.477. The van der Waals surface area contributed by atoms with Crippen LogP contribution in [0.5, 0.6) is 0 Å². The van der Waals surface area contributed by atoms with Gasteiger partial charge in [0.15, 0.2) is 0 Å². The smallest absolute Gasteiger partial charge is 0.0938 e. The van der Waals surface area contributed by atoms with Gasteiger partial charge in [0.25, 0.3) is 14.1 Å². The lowest BCUT2D eigenvalue weighted by atomic mass is 9.98. The highest BCUT2D eigenvalue weighted by molar-refractivity contribution is 6.58. The molecule has 25 heavy (non-hydrogen) atoms. The predicted molar refractivity (Wildman–Crippen MR) is 120 cm³/mol. The minimum atomic E-state index is -0.477. The van der Waals surface area contributed by atoms with Gasteiger partial charge < -0.3 is 0 Å². The lowest BCUT2D eigenvalue weighted by Gasteiger charge is -2.18. The summed E-state index contributed by atoms with van der Waals surface area (Å²) in [4.78, 5) is 0. The molecule has 0 spiro atoms. The molecule has 0 fully saturated rings. The van der Waals surface area contributed by atoms with Gasteiger partial charge in [-0.05, 0) is 17.8 Å². The SMILES string of the molecule is CCC(CC)CC[CH2][Al]([CH2]CCC(CC)CC)[CH2]CCC(CC)CC. The van der Waals surface area contributed by atoms with Crippen molar-refractivity contribution >= 4 is 14.1 Å². The van der Waals surface area contributed by atoms with Crippen LogP contribution in [0.15, 0.2) is 0 Å². The first-order valence-electron chi connectivity index (χ1n) is 12.1. The molecule has 0 bridgehead atoms. The Labute approximate surface area is 166 Å². The second kappa shape index (κ2) is 17.9. The molecule has 1 heteroatoms. The summed E-state index contributed by atoms with van der Waals surface area (Å²) < 4.78 is 0. The summed E-state index contributed by atoms with van der Waals surface area (Å²) in [5, 5.41) is 4.92. The molecule has 0 N–H and O–H groups in total. The molecule has 0 radical (unpaired) electrons. The van der Waals surface area contributed by atoms with E-state index in [1.807, 2.05) is 0 Å². The third kappa shape index (κ3) is 13.4. The fourth-order valence-corrected chi connectivity index (χ4v) is 7.91. The molecule has 0 aliphatic heterocycles. The van der Waals surface area contributed by atoms with Crippen LogP contribution in [0.25, 0.3) is 0 Å². The van der Waals surface area contributed by atoms with Crippen LogP contribution >= 0.6 is 0 Å². The molecule has 0 nitrogen and oxygen atoms in total. The summed E-state index contributed by atoms with van der Waals surface area (Å²) in [5.41, 5.74) is 0. The first kappa shape index (κ1) is 25.5. The van der Waals surface area contributed by atoms with Crippen LogP contribution in [-0.2, 0) is 0 Å². The molecule has 0 rings (SSSR count). The van der Waals surface area contributed by atoms with E-state index in [9.17, 15) is 0 Å². The van der Waals surface area contributed by atoms with E-state index in [1.54, 1.807) is 35.1 Å². The molecule has 0 aliphatic carbocycles. The average molecular weight is 367 g/mol. The lowest BCUT2D eigenvalue weighted by Crippen LogP contribution is -2.14. The molecule has 0 aromatic carbocycles. The summed E-state index contributed by atoms with van der Waals surface area (Å²) in [6.07, 6.45) is 17.5. The van der Waals surface area contributed by atoms with Crippen molar-refractivity contribution in [3.63, 3.8) is 0 Å². The molecule has 150 valence electrons. The van der Waals surface area contributed by atoms with E-state index in [-0.39, 0.29) is 0 Å². The Kier molecular flexibility index (Phi) is 18.3. The zero-order valence-corrected chi connectivity index (χ0v) is 20.1. The van der Waals surface area contributed by atoms with Gasteiger partial charge in [0.1, 0.15) is 0 Å².